The minimum absolute atomic E-state index is 0.510. The molecule has 1 heterocycles. The third kappa shape index (κ3) is 4.32. The minimum Gasteiger partial charge on any atom is -0.379 e. The van der Waals surface area contributed by atoms with Crippen LogP contribution in [0.4, 0.5) is 5.82 Å². The van der Waals surface area contributed by atoms with Crippen LogP contribution in [0.25, 0.3) is 0 Å². The number of ether oxygens (including phenoxy) is 1. The molecule has 5 heteroatoms. The molecule has 0 amide bonds. The summed E-state index contributed by atoms with van der Waals surface area (Å²) in [7, 11) is 0. The quantitative estimate of drug-likeness (QED) is 0.615. The van der Waals surface area contributed by atoms with Gasteiger partial charge in [0.2, 0.25) is 0 Å². The van der Waals surface area contributed by atoms with Crippen molar-refractivity contribution in [3.05, 3.63) is 16.5 Å². The van der Waals surface area contributed by atoms with Crippen molar-refractivity contribution in [2.45, 2.75) is 39.5 Å². The number of hydrogen-bond donors (Lipinski definition) is 1. The van der Waals surface area contributed by atoms with Gasteiger partial charge in [-0.1, -0.05) is 25.4 Å². The lowest BCUT2D eigenvalue weighted by Gasteiger charge is -2.12. The summed E-state index contributed by atoms with van der Waals surface area (Å²) < 4.78 is 5.54. The van der Waals surface area contributed by atoms with Crippen LogP contribution in [0.15, 0.2) is 0 Å². The van der Waals surface area contributed by atoms with Crippen LogP contribution in [0.2, 0.25) is 5.15 Å². The Morgan fingerprint density at radius 2 is 2.11 bits per heavy atom. The maximum absolute atomic E-state index is 6.15. The molecule has 1 aliphatic carbocycles. The van der Waals surface area contributed by atoms with Gasteiger partial charge in [0.05, 0.1) is 6.61 Å². The van der Waals surface area contributed by atoms with Gasteiger partial charge in [0.1, 0.15) is 16.8 Å². The Hall–Kier alpha value is -0.870. The van der Waals surface area contributed by atoms with Crippen molar-refractivity contribution in [3.63, 3.8) is 0 Å². The molecular formula is C14H22ClN3O. The highest BCUT2D eigenvalue weighted by Gasteiger charge is 2.27. The highest BCUT2D eigenvalue weighted by molar-refractivity contribution is 6.30. The zero-order valence-electron chi connectivity index (χ0n) is 11.9. The van der Waals surface area contributed by atoms with Crippen molar-refractivity contribution in [1.29, 1.82) is 0 Å². The third-order valence-corrected chi connectivity index (χ3v) is 3.40. The molecule has 2 rings (SSSR count). The van der Waals surface area contributed by atoms with Crippen molar-refractivity contribution in [3.8, 4) is 0 Å². The first kappa shape index (κ1) is 14.5. The van der Waals surface area contributed by atoms with E-state index in [4.69, 9.17) is 16.3 Å². The second kappa shape index (κ2) is 6.53. The number of rotatable bonds is 7. The van der Waals surface area contributed by atoms with E-state index in [1.807, 2.05) is 6.92 Å². The second-order valence-corrected chi connectivity index (χ2v) is 5.87. The molecule has 0 aliphatic heterocycles. The molecule has 0 saturated heterocycles. The first-order valence-corrected chi connectivity index (χ1v) is 7.31. The van der Waals surface area contributed by atoms with Crippen molar-refractivity contribution >= 4 is 17.4 Å². The fraction of sp³-hybridized carbons (Fsp3) is 0.714. The van der Waals surface area contributed by atoms with Crippen molar-refractivity contribution in [2.75, 3.05) is 25.1 Å². The van der Waals surface area contributed by atoms with E-state index in [0.717, 1.165) is 30.4 Å². The fourth-order valence-corrected chi connectivity index (χ4v) is 1.94. The van der Waals surface area contributed by atoms with E-state index in [-0.39, 0.29) is 0 Å². The molecule has 1 aliphatic rings. The average molecular weight is 284 g/mol. The first-order chi connectivity index (χ1) is 9.08. The van der Waals surface area contributed by atoms with Crippen LogP contribution < -0.4 is 5.32 Å². The Kier molecular flexibility index (Phi) is 4.99. The van der Waals surface area contributed by atoms with Gasteiger partial charge in [0, 0.05) is 24.6 Å². The van der Waals surface area contributed by atoms with Crippen molar-refractivity contribution in [1.82, 2.24) is 9.97 Å². The second-order valence-electron chi connectivity index (χ2n) is 5.52. The number of anilines is 1. The first-order valence-electron chi connectivity index (χ1n) is 6.93. The van der Waals surface area contributed by atoms with E-state index in [2.05, 4.69) is 29.1 Å². The lowest BCUT2D eigenvalue weighted by molar-refractivity contribution is 0.118. The Bertz CT molecular complexity index is 433. The smallest absolute Gasteiger partial charge is 0.137 e. The minimum atomic E-state index is 0.510. The van der Waals surface area contributed by atoms with E-state index >= 15 is 0 Å². The van der Waals surface area contributed by atoms with E-state index in [0.29, 0.717) is 23.6 Å². The normalized spacial score (nSPS) is 15.0. The van der Waals surface area contributed by atoms with Gasteiger partial charge in [0.15, 0.2) is 0 Å². The maximum atomic E-state index is 6.15. The molecule has 4 nitrogen and oxygen atoms in total. The molecule has 1 saturated carbocycles. The molecule has 0 aromatic carbocycles. The molecule has 19 heavy (non-hydrogen) atoms. The molecule has 0 bridgehead atoms. The van der Waals surface area contributed by atoms with Gasteiger partial charge in [-0.15, -0.1) is 0 Å². The maximum Gasteiger partial charge on any atom is 0.137 e. The van der Waals surface area contributed by atoms with E-state index < -0.39 is 0 Å². The number of halogens is 1. The standard InChI is InChI=1S/C14H22ClN3O/c1-9(2)8-19-7-6-16-13-10(3)12(15)17-14(18-13)11-4-5-11/h9,11H,4-8H2,1-3H3,(H,16,17,18). The van der Waals surface area contributed by atoms with Crippen LogP contribution in [0.5, 0.6) is 0 Å². The summed E-state index contributed by atoms with van der Waals surface area (Å²) in [5, 5.41) is 3.85. The zero-order valence-corrected chi connectivity index (χ0v) is 12.6. The summed E-state index contributed by atoms with van der Waals surface area (Å²) in [4.78, 5) is 8.91. The lowest BCUT2D eigenvalue weighted by Crippen LogP contribution is -2.14. The van der Waals surface area contributed by atoms with Gasteiger partial charge in [-0.25, -0.2) is 9.97 Å². The van der Waals surface area contributed by atoms with E-state index in [1.165, 1.54) is 12.8 Å². The van der Waals surface area contributed by atoms with Crippen LogP contribution >= 0.6 is 11.6 Å². The van der Waals surface area contributed by atoms with Crippen LogP contribution in [0, 0.1) is 12.8 Å². The SMILES string of the molecule is Cc1c(Cl)nc(C2CC2)nc1NCCOCC(C)C. The summed E-state index contributed by atoms with van der Waals surface area (Å²) in [6.45, 7) is 8.44. The topological polar surface area (TPSA) is 47.0 Å². The summed E-state index contributed by atoms with van der Waals surface area (Å²) in [5.41, 5.74) is 0.912. The molecule has 0 radical (unpaired) electrons. The van der Waals surface area contributed by atoms with Crippen LogP contribution in [0.1, 0.15) is 44.0 Å². The Morgan fingerprint density at radius 1 is 1.37 bits per heavy atom. The highest BCUT2D eigenvalue weighted by Crippen LogP contribution is 2.39. The van der Waals surface area contributed by atoms with Gasteiger partial charge in [-0.05, 0) is 25.7 Å². The lowest BCUT2D eigenvalue weighted by atomic mass is 10.2. The Balaban J connectivity index is 1.88. The fourth-order valence-electron chi connectivity index (χ4n) is 1.76. The van der Waals surface area contributed by atoms with Gasteiger partial charge in [0.25, 0.3) is 0 Å². The third-order valence-electron chi connectivity index (χ3n) is 3.04. The van der Waals surface area contributed by atoms with Crippen LogP contribution in [0.3, 0.4) is 0 Å². The number of nitrogens with zero attached hydrogens (tertiary/aromatic N) is 2. The summed E-state index contributed by atoms with van der Waals surface area (Å²) >= 11 is 6.15. The van der Waals surface area contributed by atoms with Crippen LogP contribution in [-0.2, 0) is 4.74 Å². The van der Waals surface area contributed by atoms with Crippen molar-refractivity contribution < 1.29 is 4.74 Å². The Labute approximate surface area is 119 Å². The average Bonchev–Trinajstić information content (AvgIpc) is 3.17. The number of aromatic nitrogens is 2. The summed E-state index contributed by atoms with van der Waals surface area (Å²) in [5.74, 6) is 2.80. The van der Waals surface area contributed by atoms with E-state index in [9.17, 15) is 0 Å². The number of hydrogen-bond acceptors (Lipinski definition) is 4. The molecular weight excluding hydrogens is 262 g/mol. The summed E-state index contributed by atoms with van der Waals surface area (Å²) in [6, 6.07) is 0. The van der Waals surface area contributed by atoms with Crippen molar-refractivity contribution in [2.24, 2.45) is 5.92 Å². The molecule has 106 valence electrons. The largest absolute Gasteiger partial charge is 0.379 e. The predicted molar refractivity (Wildman–Crippen MR) is 77.9 cm³/mol. The number of nitrogens with one attached hydrogen (secondary N) is 1. The molecule has 0 spiro atoms. The molecule has 1 aromatic heterocycles. The van der Waals surface area contributed by atoms with Crippen LogP contribution in [-0.4, -0.2) is 29.7 Å². The monoisotopic (exact) mass is 283 g/mol. The molecule has 1 N–H and O–H groups in total. The molecule has 0 atom stereocenters. The molecule has 1 fully saturated rings. The Morgan fingerprint density at radius 3 is 2.74 bits per heavy atom. The van der Waals surface area contributed by atoms with Gasteiger partial charge in [-0.3, -0.25) is 0 Å². The van der Waals surface area contributed by atoms with Gasteiger partial charge < -0.3 is 10.1 Å². The van der Waals surface area contributed by atoms with Gasteiger partial charge >= 0.3 is 0 Å². The summed E-state index contributed by atoms with van der Waals surface area (Å²) in [6.07, 6.45) is 2.35. The van der Waals surface area contributed by atoms with E-state index in [1.54, 1.807) is 0 Å². The highest BCUT2D eigenvalue weighted by atomic mass is 35.5. The predicted octanol–water partition coefficient (Wildman–Crippen LogP) is 3.40. The zero-order chi connectivity index (χ0) is 13.8. The molecule has 0 unspecified atom stereocenters. The van der Waals surface area contributed by atoms with Gasteiger partial charge in [-0.2, -0.15) is 0 Å². The molecule has 1 aromatic rings.